The highest BCUT2D eigenvalue weighted by Crippen LogP contribution is 2.25. The van der Waals surface area contributed by atoms with Crippen LogP contribution in [0.1, 0.15) is 5.56 Å². The third-order valence-corrected chi connectivity index (χ3v) is 7.78. The second-order valence-corrected chi connectivity index (χ2v) is 10.2. The molecule has 1 aromatic rings. The molecule has 2 rings (SSSR count). The minimum atomic E-state index is -5.13. The topological polar surface area (TPSA) is 136 Å². The predicted octanol–water partition coefficient (Wildman–Crippen LogP) is -0.877. The summed E-state index contributed by atoms with van der Waals surface area (Å²) in [5.41, 5.74) is 0.747. The van der Waals surface area contributed by atoms with Crippen molar-refractivity contribution < 1.29 is 40.7 Å². The van der Waals surface area contributed by atoms with Gasteiger partial charge in [0, 0.05) is 7.11 Å². The van der Waals surface area contributed by atoms with E-state index in [1.807, 2.05) is 0 Å². The van der Waals surface area contributed by atoms with Gasteiger partial charge in [-0.3, -0.25) is 0 Å². The molecule has 1 saturated heterocycles. The highest BCUT2D eigenvalue weighted by molar-refractivity contribution is 8.65. The van der Waals surface area contributed by atoms with Crippen LogP contribution in [0.4, 0.5) is 0 Å². The standard InChI is InChI=1S/C13H18O9S2/c1-8-3-5-9(6-4-8)23(16,17)24(18,19)22-10-7-21-13(20-2)12(15)11(10)14/h3-6,10-15H,7H2,1-2H3/t10-,11+,12-,13-/m1/s1. The molecule has 1 fully saturated rings. The molecule has 1 aliphatic rings. The number of benzene rings is 1. The molecular weight excluding hydrogens is 364 g/mol. The van der Waals surface area contributed by atoms with Gasteiger partial charge in [0.05, 0.1) is 11.5 Å². The average molecular weight is 382 g/mol. The van der Waals surface area contributed by atoms with E-state index < -0.39 is 54.1 Å². The van der Waals surface area contributed by atoms with Crippen molar-refractivity contribution in [2.75, 3.05) is 13.7 Å². The molecule has 0 unspecified atom stereocenters. The monoisotopic (exact) mass is 382 g/mol. The molecule has 0 bridgehead atoms. The lowest BCUT2D eigenvalue weighted by Gasteiger charge is -2.35. The molecule has 4 atom stereocenters. The average Bonchev–Trinajstić information content (AvgIpc) is 2.52. The Hall–Kier alpha value is -1.08. The Bertz CT molecular complexity index is 770. The molecule has 0 aliphatic carbocycles. The van der Waals surface area contributed by atoms with E-state index in [0.29, 0.717) is 0 Å². The molecule has 0 radical (unpaired) electrons. The molecule has 0 aromatic heterocycles. The summed E-state index contributed by atoms with van der Waals surface area (Å²) < 4.78 is 63.0. The fourth-order valence-electron chi connectivity index (χ4n) is 2.09. The van der Waals surface area contributed by atoms with Crippen LogP contribution in [0, 0.1) is 6.92 Å². The Balaban J connectivity index is 2.23. The lowest BCUT2D eigenvalue weighted by atomic mass is 10.1. The zero-order valence-electron chi connectivity index (χ0n) is 12.9. The first kappa shape index (κ1) is 19.2. The first-order chi connectivity index (χ1) is 11.1. The van der Waals surface area contributed by atoms with E-state index in [9.17, 15) is 27.0 Å². The van der Waals surface area contributed by atoms with E-state index in [1.165, 1.54) is 19.2 Å². The van der Waals surface area contributed by atoms with Crippen molar-refractivity contribution in [1.29, 1.82) is 0 Å². The predicted molar refractivity (Wildman–Crippen MR) is 80.9 cm³/mol. The zero-order chi connectivity index (χ0) is 18.1. The normalized spacial score (nSPS) is 28.7. The van der Waals surface area contributed by atoms with Gasteiger partial charge in [0.1, 0.15) is 18.3 Å². The molecule has 1 heterocycles. The first-order valence-electron chi connectivity index (χ1n) is 6.85. The Labute approximate surface area is 139 Å². The summed E-state index contributed by atoms with van der Waals surface area (Å²) in [6, 6.07) is 5.15. The van der Waals surface area contributed by atoms with Crippen molar-refractivity contribution >= 4 is 18.0 Å². The molecule has 24 heavy (non-hydrogen) atoms. The molecule has 9 nitrogen and oxygen atoms in total. The number of aliphatic hydroxyl groups excluding tert-OH is 2. The number of ether oxygens (including phenoxy) is 2. The van der Waals surface area contributed by atoms with Crippen molar-refractivity contribution in [3.8, 4) is 0 Å². The Morgan fingerprint density at radius 1 is 1.08 bits per heavy atom. The SMILES string of the molecule is CO[C@@H]1OC[C@@H](OS(=O)(=O)S(=O)(=O)c2ccc(C)cc2)[C@H](O)[C@H]1O. The van der Waals surface area contributed by atoms with Crippen LogP contribution < -0.4 is 0 Å². The maximum Gasteiger partial charge on any atom is 0.380 e. The maximum absolute atomic E-state index is 12.2. The summed E-state index contributed by atoms with van der Waals surface area (Å²) in [4.78, 5) is -0.463. The molecule has 1 aliphatic heterocycles. The van der Waals surface area contributed by atoms with Crippen molar-refractivity contribution in [2.45, 2.75) is 36.4 Å². The van der Waals surface area contributed by atoms with Crippen molar-refractivity contribution in [3.63, 3.8) is 0 Å². The Kier molecular flexibility index (Phi) is 5.64. The summed E-state index contributed by atoms with van der Waals surface area (Å²) in [6.45, 7) is 1.24. The van der Waals surface area contributed by atoms with E-state index in [4.69, 9.17) is 9.47 Å². The summed E-state index contributed by atoms with van der Waals surface area (Å²) >= 11 is 0. The first-order valence-corrected chi connectivity index (χ1v) is 10.3. The van der Waals surface area contributed by atoms with Gasteiger partial charge >= 0.3 is 18.0 Å². The highest BCUT2D eigenvalue weighted by atomic mass is 33.2. The van der Waals surface area contributed by atoms with Gasteiger partial charge < -0.3 is 19.7 Å². The van der Waals surface area contributed by atoms with Crippen LogP contribution in [0.3, 0.4) is 0 Å². The summed E-state index contributed by atoms with van der Waals surface area (Å²) in [6.07, 6.45) is -6.05. The third-order valence-electron chi connectivity index (χ3n) is 3.49. The van der Waals surface area contributed by atoms with Crippen molar-refractivity contribution in [3.05, 3.63) is 29.8 Å². The van der Waals surface area contributed by atoms with Gasteiger partial charge in [-0.1, -0.05) is 17.7 Å². The molecule has 0 saturated carbocycles. The van der Waals surface area contributed by atoms with Gasteiger partial charge in [0.2, 0.25) is 0 Å². The summed E-state index contributed by atoms with van der Waals surface area (Å²) in [5, 5.41) is 19.6. The van der Waals surface area contributed by atoms with Gasteiger partial charge in [0.15, 0.2) is 6.29 Å². The number of hydrogen-bond donors (Lipinski definition) is 2. The molecule has 0 spiro atoms. The summed E-state index contributed by atoms with van der Waals surface area (Å²) in [7, 11) is -8.75. The van der Waals surface area contributed by atoms with Crippen molar-refractivity contribution in [1.82, 2.24) is 0 Å². The number of hydrogen-bond acceptors (Lipinski definition) is 9. The Morgan fingerprint density at radius 3 is 2.21 bits per heavy atom. The van der Waals surface area contributed by atoms with Crippen LogP contribution >= 0.6 is 0 Å². The van der Waals surface area contributed by atoms with Gasteiger partial charge in [-0.05, 0) is 19.1 Å². The second-order valence-electron chi connectivity index (χ2n) is 5.23. The molecule has 11 heteroatoms. The maximum atomic E-state index is 12.2. The fraction of sp³-hybridized carbons (Fsp3) is 0.538. The number of rotatable bonds is 5. The van der Waals surface area contributed by atoms with Gasteiger partial charge in [-0.25, -0.2) is 12.6 Å². The van der Waals surface area contributed by atoms with E-state index in [1.54, 1.807) is 6.92 Å². The van der Waals surface area contributed by atoms with E-state index in [0.717, 1.165) is 17.7 Å². The quantitative estimate of drug-likeness (QED) is 0.622. The largest absolute Gasteiger partial charge is 0.387 e. The van der Waals surface area contributed by atoms with Crippen molar-refractivity contribution in [2.24, 2.45) is 0 Å². The third kappa shape index (κ3) is 3.61. The Morgan fingerprint density at radius 2 is 1.67 bits per heavy atom. The highest BCUT2D eigenvalue weighted by Gasteiger charge is 2.44. The van der Waals surface area contributed by atoms with E-state index in [-0.39, 0.29) is 0 Å². The van der Waals surface area contributed by atoms with Crippen LogP contribution in [0.5, 0.6) is 0 Å². The number of aliphatic hydroxyl groups is 2. The molecule has 0 amide bonds. The molecule has 2 N–H and O–H groups in total. The molecule has 1 aromatic carbocycles. The van der Waals surface area contributed by atoms with Gasteiger partial charge in [0.25, 0.3) is 0 Å². The van der Waals surface area contributed by atoms with Gasteiger partial charge in [-0.2, -0.15) is 8.42 Å². The lowest BCUT2D eigenvalue weighted by molar-refractivity contribution is -0.257. The minimum Gasteiger partial charge on any atom is -0.387 e. The smallest absolute Gasteiger partial charge is 0.380 e. The fourth-order valence-corrected chi connectivity index (χ4v) is 5.02. The van der Waals surface area contributed by atoms with E-state index >= 15 is 0 Å². The second kappa shape index (κ2) is 7.04. The number of methoxy groups -OCH3 is 1. The lowest BCUT2D eigenvalue weighted by Crippen LogP contribution is -2.55. The van der Waals surface area contributed by atoms with Crippen LogP contribution in [0.15, 0.2) is 29.2 Å². The minimum absolute atomic E-state index is 0.463. The number of aryl methyl sites for hydroxylation is 1. The van der Waals surface area contributed by atoms with Crippen LogP contribution in [-0.4, -0.2) is 65.4 Å². The molecular formula is C13H18O9S2. The summed E-state index contributed by atoms with van der Waals surface area (Å²) in [5.74, 6) is 0. The van der Waals surface area contributed by atoms with Crippen LogP contribution in [0.25, 0.3) is 0 Å². The van der Waals surface area contributed by atoms with E-state index in [2.05, 4.69) is 4.18 Å². The zero-order valence-corrected chi connectivity index (χ0v) is 14.5. The van der Waals surface area contributed by atoms with Crippen LogP contribution in [-0.2, 0) is 31.7 Å². The van der Waals surface area contributed by atoms with Gasteiger partial charge in [-0.15, -0.1) is 0 Å². The molecule has 136 valence electrons. The van der Waals surface area contributed by atoms with Crippen LogP contribution in [0.2, 0.25) is 0 Å².